The van der Waals surface area contributed by atoms with Crippen molar-refractivity contribution in [3.8, 4) is 0 Å². The SMILES string of the molecule is CCNC(C1CCCC1)C1CCCO1. The van der Waals surface area contributed by atoms with Crippen molar-refractivity contribution in [3.05, 3.63) is 0 Å². The van der Waals surface area contributed by atoms with Gasteiger partial charge in [-0.2, -0.15) is 0 Å². The first-order chi connectivity index (χ1) is 6.92. The van der Waals surface area contributed by atoms with Gasteiger partial charge in [-0.05, 0) is 38.1 Å². The third-order valence-electron chi connectivity index (χ3n) is 3.71. The second-order valence-corrected chi connectivity index (χ2v) is 4.68. The molecule has 1 aliphatic carbocycles. The monoisotopic (exact) mass is 197 g/mol. The van der Waals surface area contributed by atoms with Crippen LogP contribution in [0.5, 0.6) is 0 Å². The maximum absolute atomic E-state index is 5.82. The zero-order chi connectivity index (χ0) is 9.80. The quantitative estimate of drug-likeness (QED) is 0.747. The van der Waals surface area contributed by atoms with Gasteiger partial charge in [0.15, 0.2) is 0 Å². The number of likely N-dealkylation sites (N-methyl/N-ethyl adjacent to an activating group) is 1. The second kappa shape index (κ2) is 5.13. The Bertz CT molecular complexity index is 144. The molecule has 0 aromatic carbocycles. The fraction of sp³-hybridized carbons (Fsp3) is 1.00. The lowest BCUT2D eigenvalue weighted by atomic mass is 9.92. The summed E-state index contributed by atoms with van der Waals surface area (Å²) < 4.78 is 5.82. The molecule has 2 nitrogen and oxygen atoms in total. The van der Waals surface area contributed by atoms with Gasteiger partial charge in [0.05, 0.1) is 6.10 Å². The molecule has 2 atom stereocenters. The maximum atomic E-state index is 5.82. The minimum atomic E-state index is 0.512. The molecular weight excluding hydrogens is 174 g/mol. The number of ether oxygens (including phenoxy) is 1. The number of hydrogen-bond acceptors (Lipinski definition) is 2. The smallest absolute Gasteiger partial charge is 0.0731 e. The van der Waals surface area contributed by atoms with E-state index in [4.69, 9.17) is 4.74 Å². The van der Waals surface area contributed by atoms with Crippen LogP contribution in [0.1, 0.15) is 45.4 Å². The molecule has 1 saturated carbocycles. The van der Waals surface area contributed by atoms with Gasteiger partial charge in [0.25, 0.3) is 0 Å². The van der Waals surface area contributed by atoms with E-state index < -0.39 is 0 Å². The van der Waals surface area contributed by atoms with E-state index in [1.165, 1.54) is 38.5 Å². The average Bonchev–Trinajstić information content (AvgIpc) is 2.87. The molecule has 1 N–H and O–H groups in total. The summed E-state index contributed by atoms with van der Waals surface area (Å²) in [4.78, 5) is 0. The van der Waals surface area contributed by atoms with Gasteiger partial charge in [0.2, 0.25) is 0 Å². The molecule has 2 unspecified atom stereocenters. The van der Waals surface area contributed by atoms with Gasteiger partial charge in [0.1, 0.15) is 0 Å². The first-order valence-electron chi connectivity index (χ1n) is 6.27. The van der Waals surface area contributed by atoms with Crippen LogP contribution < -0.4 is 5.32 Å². The molecule has 2 fully saturated rings. The standard InChI is InChI=1S/C12H23NO/c1-2-13-12(10-6-3-4-7-10)11-8-5-9-14-11/h10-13H,2-9H2,1H3. The Morgan fingerprint density at radius 2 is 2.00 bits per heavy atom. The predicted molar refractivity (Wildman–Crippen MR) is 58.4 cm³/mol. The van der Waals surface area contributed by atoms with Crippen LogP contribution in [0.3, 0.4) is 0 Å². The van der Waals surface area contributed by atoms with Crippen molar-refractivity contribution in [3.63, 3.8) is 0 Å². The molecule has 0 spiro atoms. The van der Waals surface area contributed by atoms with E-state index in [2.05, 4.69) is 12.2 Å². The summed E-state index contributed by atoms with van der Waals surface area (Å²) in [6.07, 6.45) is 8.74. The van der Waals surface area contributed by atoms with Crippen LogP contribution in [0.15, 0.2) is 0 Å². The molecule has 0 radical (unpaired) electrons. The Balaban J connectivity index is 1.91. The highest BCUT2D eigenvalue weighted by Gasteiger charge is 2.33. The summed E-state index contributed by atoms with van der Waals surface area (Å²) in [5, 5.41) is 3.64. The van der Waals surface area contributed by atoms with Crippen LogP contribution in [0.4, 0.5) is 0 Å². The highest BCUT2D eigenvalue weighted by Crippen LogP contribution is 2.32. The Morgan fingerprint density at radius 3 is 2.57 bits per heavy atom. The Morgan fingerprint density at radius 1 is 1.21 bits per heavy atom. The largest absolute Gasteiger partial charge is 0.377 e. The lowest BCUT2D eigenvalue weighted by Gasteiger charge is -2.29. The number of nitrogens with one attached hydrogen (secondary N) is 1. The lowest BCUT2D eigenvalue weighted by Crippen LogP contribution is -2.44. The van der Waals surface area contributed by atoms with E-state index in [1.807, 2.05) is 0 Å². The molecule has 0 aromatic rings. The third-order valence-corrected chi connectivity index (χ3v) is 3.71. The zero-order valence-corrected chi connectivity index (χ0v) is 9.30. The van der Waals surface area contributed by atoms with Gasteiger partial charge in [-0.25, -0.2) is 0 Å². The molecule has 0 aromatic heterocycles. The highest BCUT2D eigenvalue weighted by molar-refractivity contribution is 4.88. The maximum Gasteiger partial charge on any atom is 0.0731 e. The fourth-order valence-electron chi connectivity index (χ4n) is 3.04. The molecule has 0 amide bonds. The average molecular weight is 197 g/mol. The van der Waals surface area contributed by atoms with E-state index >= 15 is 0 Å². The van der Waals surface area contributed by atoms with Crippen molar-refractivity contribution < 1.29 is 4.74 Å². The molecule has 1 saturated heterocycles. The van der Waals surface area contributed by atoms with E-state index in [0.29, 0.717) is 12.1 Å². The highest BCUT2D eigenvalue weighted by atomic mass is 16.5. The minimum absolute atomic E-state index is 0.512. The van der Waals surface area contributed by atoms with Gasteiger partial charge in [-0.3, -0.25) is 0 Å². The third kappa shape index (κ3) is 2.29. The summed E-state index contributed by atoms with van der Waals surface area (Å²) in [7, 11) is 0. The van der Waals surface area contributed by atoms with Gasteiger partial charge < -0.3 is 10.1 Å². The van der Waals surface area contributed by atoms with Crippen LogP contribution in [-0.4, -0.2) is 25.3 Å². The first kappa shape index (κ1) is 10.4. The van der Waals surface area contributed by atoms with E-state index in [9.17, 15) is 0 Å². The Labute approximate surface area is 87.4 Å². The van der Waals surface area contributed by atoms with Gasteiger partial charge >= 0.3 is 0 Å². The van der Waals surface area contributed by atoms with Gasteiger partial charge in [-0.1, -0.05) is 19.8 Å². The molecule has 2 aliphatic rings. The summed E-state index contributed by atoms with van der Waals surface area (Å²) in [5.41, 5.74) is 0. The molecule has 2 rings (SSSR count). The molecule has 82 valence electrons. The summed E-state index contributed by atoms with van der Waals surface area (Å²) in [6, 6.07) is 0.644. The van der Waals surface area contributed by atoms with Crippen molar-refractivity contribution in [2.75, 3.05) is 13.2 Å². The first-order valence-corrected chi connectivity index (χ1v) is 6.27. The lowest BCUT2D eigenvalue weighted by molar-refractivity contribution is 0.0591. The van der Waals surface area contributed by atoms with E-state index in [-0.39, 0.29) is 0 Å². The van der Waals surface area contributed by atoms with E-state index in [1.54, 1.807) is 0 Å². The van der Waals surface area contributed by atoms with Crippen molar-refractivity contribution in [1.29, 1.82) is 0 Å². The predicted octanol–water partition coefficient (Wildman–Crippen LogP) is 2.33. The van der Waals surface area contributed by atoms with Gasteiger partial charge in [0, 0.05) is 12.6 Å². The van der Waals surface area contributed by atoms with Crippen LogP contribution >= 0.6 is 0 Å². The zero-order valence-electron chi connectivity index (χ0n) is 9.30. The second-order valence-electron chi connectivity index (χ2n) is 4.68. The molecule has 0 bridgehead atoms. The van der Waals surface area contributed by atoms with E-state index in [0.717, 1.165) is 19.1 Å². The van der Waals surface area contributed by atoms with Crippen LogP contribution in [0.25, 0.3) is 0 Å². The molecule has 14 heavy (non-hydrogen) atoms. The van der Waals surface area contributed by atoms with Crippen LogP contribution in [0.2, 0.25) is 0 Å². The topological polar surface area (TPSA) is 21.3 Å². The number of rotatable bonds is 4. The van der Waals surface area contributed by atoms with Crippen LogP contribution in [0, 0.1) is 5.92 Å². The van der Waals surface area contributed by atoms with Crippen LogP contribution in [-0.2, 0) is 4.74 Å². The fourth-order valence-corrected chi connectivity index (χ4v) is 3.04. The molecular formula is C12H23NO. The van der Waals surface area contributed by atoms with Crippen molar-refractivity contribution in [2.24, 2.45) is 5.92 Å². The molecule has 1 heterocycles. The van der Waals surface area contributed by atoms with Crippen molar-refractivity contribution in [1.82, 2.24) is 5.32 Å². The van der Waals surface area contributed by atoms with Crippen molar-refractivity contribution >= 4 is 0 Å². The minimum Gasteiger partial charge on any atom is -0.377 e. The van der Waals surface area contributed by atoms with Gasteiger partial charge in [-0.15, -0.1) is 0 Å². The molecule has 1 aliphatic heterocycles. The summed E-state index contributed by atoms with van der Waals surface area (Å²) in [5.74, 6) is 0.887. The molecule has 2 heteroatoms. The Hall–Kier alpha value is -0.0800. The normalized spacial score (nSPS) is 31.1. The summed E-state index contributed by atoms with van der Waals surface area (Å²) >= 11 is 0. The number of hydrogen-bond donors (Lipinski definition) is 1. The van der Waals surface area contributed by atoms with Crippen molar-refractivity contribution in [2.45, 2.75) is 57.6 Å². The Kier molecular flexibility index (Phi) is 3.82. The summed E-state index contributed by atoms with van der Waals surface area (Å²) in [6.45, 7) is 4.28.